The van der Waals surface area contributed by atoms with Crippen molar-refractivity contribution in [3.63, 3.8) is 0 Å². The van der Waals surface area contributed by atoms with E-state index >= 15 is 0 Å². The molecule has 0 saturated heterocycles. The van der Waals surface area contributed by atoms with Crippen LogP contribution in [-0.4, -0.2) is 42.6 Å². The molecule has 7 heteroatoms. The second-order valence-electron chi connectivity index (χ2n) is 6.31. The van der Waals surface area contributed by atoms with Crippen LogP contribution >= 0.6 is 11.3 Å². The van der Waals surface area contributed by atoms with E-state index in [0.717, 1.165) is 10.4 Å². The molecule has 136 valence electrons. The average Bonchev–Trinajstić information content (AvgIpc) is 3.14. The number of methoxy groups -OCH3 is 1. The minimum Gasteiger partial charge on any atom is -0.482 e. The van der Waals surface area contributed by atoms with Gasteiger partial charge in [-0.25, -0.2) is 4.79 Å². The number of esters is 1. The van der Waals surface area contributed by atoms with Crippen LogP contribution in [0.25, 0.3) is 0 Å². The van der Waals surface area contributed by atoms with Crippen LogP contribution in [0.1, 0.15) is 23.4 Å². The van der Waals surface area contributed by atoms with Gasteiger partial charge in [0, 0.05) is 11.4 Å². The van der Waals surface area contributed by atoms with Gasteiger partial charge in [0.15, 0.2) is 17.5 Å². The smallest absolute Gasteiger partial charge is 0.333 e. The number of carbonyl (C=O) groups is 2. The molecule has 1 aromatic heterocycles. The number of rotatable bonds is 2. The molecule has 1 amide bonds. The SMILES string of the molecule is COC(=O)[C@H]1c2ccsc2CCN1C(=O)[C@@H]1Oc2ccccc2O[C@H]1C. The standard InChI is InChI=1S/C19H19NO5S/c1-11-17(25-14-6-4-3-5-13(14)24-11)18(21)20-9-7-15-12(8-10-26-15)16(20)19(22)23-2/h3-6,8,10-11,16-17H,7,9H2,1-2H3/t11-,16+,17+/m0/s1. The first-order valence-electron chi connectivity index (χ1n) is 8.47. The zero-order chi connectivity index (χ0) is 18.3. The molecule has 0 unspecified atom stereocenters. The van der Waals surface area contributed by atoms with Crippen LogP contribution in [0.2, 0.25) is 0 Å². The molecule has 2 aliphatic rings. The van der Waals surface area contributed by atoms with E-state index in [9.17, 15) is 9.59 Å². The van der Waals surface area contributed by atoms with E-state index in [4.69, 9.17) is 14.2 Å². The first-order chi connectivity index (χ1) is 12.6. The number of nitrogens with zero attached hydrogens (tertiary/aromatic N) is 1. The maximum atomic E-state index is 13.3. The van der Waals surface area contributed by atoms with E-state index in [-0.39, 0.29) is 5.91 Å². The van der Waals surface area contributed by atoms with Gasteiger partial charge in [-0.05, 0) is 42.5 Å². The first-order valence-corrected chi connectivity index (χ1v) is 9.35. The van der Waals surface area contributed by atoms with Crippen LogP contribution in [0.4, 0.5) is 0 Å². The topological polar surface area (TPSA) is 65.1 Å². The normalized spacial score (nSPS) is 23.9. The van der Waals surface area contributed by atoms with Gasteiger partial charge >= 0.3 is 5.97 Å². The second-order valence-corrected chi connectivity index (χ2v) is 7.32. The number of amides is 1. The monoisotopic (exact) mass is 373 g/mol. The quantitative estimate of drug-likeness (QED) is 0.757. The number of fused-ring (bicyclic) bond motifs is 2. The predicted octanol–water partition coefficient (Wildman–Crippen LogP) is 2.58. The van der Waals surface area contributed by atoms with Crippen LogP contribution in [0.5, 0.6) is 11.5 Å². The van der Waals surface area contributed by atoms with Crippen LogP contribution in [0.15, 0.2) is 35.7 Å². The highest BCUT2D eigenvalue weighted by Crippen LogP contribution is 2.37. The molecule has 6 nitrogen and oxygen atoms in total. The van der Waals surface area contributed by atoms with Crippen LogP contribution < -0.4 is 9.47 Å². The number of hydrogen-bond acceptors (Lipinski definition) is 6. The Labute approximate surface area is 155 Å². The van der Waals surface area contributed by atoms with Gasteiger partial charge in [-0.3, -0.25) is 4.79 Å². The Morgan fingerprint density at radius 3 is 2.65 bits per heavy atom. The first kappa shape index (κ1) is 16.9. The molecule has 0 bridgehead atoms. The minimum atomic E-state index is -0.808. The van der Waals surface area contributed by atoms with Crippen molar-refractivity contribution in [1.82, 2.24) is 4.90 Å². The summed E-state index contributed by atoms with van der Waals surface area (Å²) < 4.78 is 16.7. The number of hydrogen-bond donors (Lipinski definition) is 0. The highest BCUT2D eigenvalue weighted by atomic mass is 32.1. The van der Waals surface area contributed by atoms with E-state index in [0.29, 0.717) is 24.5 Å². The van der Waals surface area contributed by atoms with Crippen molar-refractivity contribution in [3.05, 3.63) is 46.2 Å². The minimum absolute atomic E-state index is 0.265. The molecule has 0 radical (unpaired) electrons. The predicted molar refractivity (Wildman–Crippen MR) is 95.4 cm³/mol. The van der Waals surface area contributed by atoms with Gasteiger partial charge in [0.1, 0.15) is 6.10 Å². The molecule has 26 heavy (non-hydrogen) atoms. The summed E-state index contributed by atoms with van der Waals surface area (Å²) in [6.07, 6.45) is -0.554. The summed E-state index contributed by atoms with van der Waals surface area (Å²) in [4.78, 5) is 28.3. The van der Waals surface area contributed by atoms with Crippen molar-refractivity contribution in [2.45, 2.75) is 31.6 Å². The molecule has 3 atom stereocenters. The van der Waals surface area contributed by atoms with Gasteiger partial charge in [-0.2, -0.15) is 0 Å². The fourth-order valence-corrected chi connectivity index (χ4v) is 4.38. The van der Waals surface area contributed by atoms with Crippen molar-refractivity contribution in [2.24, 2.45) is 0 Å². The van der Waals surface area contributed by atoms with E-state index in [1.165, 1.54) is 7.11 Å². The van der Waals surface area contributed by atoms with Gasteiger partial charge < -0.3 is 19.1 Å². The van der Waals surface area contributed by atoms with E-state index < -0.39 is 24.2 Å². The molecule has 0 fully saturated rings. The number of carbonyl (C=O) groups excluding carboxylic acids is 2. The zero-order valence-electron chi connectivity index (χ0n) is 14.5. The van der Waals surface area contributed by atoms with Crippen molar-refractivity contribution in [3.8, 4) is 11.5 Å². The molecular weight excluding hydrogens is 354 g/mol. The van der Waals surface area contributed by atoms with Gasteiger partial charge in [0.05, 0.1) is 7.11 Å². The summed E-state index contributed by atoms with van der Waals surface area (Å²) >= 11 is 1.60. The summed E-state index contributed by atoms with van der Waals surface area (Å²) in [6.45, 7) is 2.24. The lowest BCUT2D eigenvalue weighted by Crippen LogP contribution is -2.54. The largest absolute Gasteiger partial charge is 0.482 e. The Morgan fingerprint density at radius 2 is 1.92 bits per heavy atom. The molecular formula is C19H19NO5S. The molecule has 0 N–H and O–H groups in total. The maximum Gasteiger partial charge on any atom is 0.333 e. The van der Waals surface area contributed by atoms with Gasteiger partial charge in [0.25, 0.3) is 5.91 Å². The summed E-state index contributed by atoms with van der Waals surface area (Å²) in [6, 6.07) is 8.41. The highest BCUT2D eigenvalue weighted by molar-refractivity contribution is 7.10. The molecule has 2 aromatic rings. The third kappa shape index (κ3) is 2.72. The van der Waals surface area contributed by atoms with E-state index in [2.05, 4.69) is 0 Å². The fourth-order valence-electron chi connectivity index (χ4n) is 3.47. The van der Waals surface area contributed by atoms with Gasteiger partial charge in [-0.15, -0.1) is 11.3 Å². The van der Waals surface area contributed by atoms with Crippen molar-refractivity contribution >= 4 is 23.2 Å². The number of benzene rings is 1. The lowest BCUT2D eigenvalue weighted by Gasteiger charge is -2.39. The molecule has 2 aliphatic heterocycles. The Hall–Kier alpha value is -2.54. The third-order valence-corrected chi connectivity index (χ3v) is 5.76. The molecule has 4 rings (SSSR count). The number of thiophene rings is 1. The molecule has 0 spiro atoms. The average molecular weight is 373 g/mol. The molecule has 1 aromatic carbocycles. The van der Waals surface area contributed by atoms with E-state index in [1.807, 2.05) is 29.6 Å². The Morgan fingerprint density at radius 1 is 1.19 bits per heavy atom. The van der Waals surface area contributed by atoms with Crippen LogP contribution in [-0.2, 0) is 20.7 Å². The maximum absolute atomic E-state index is 13.3. The lowest BCUT2D eigenvalue weighted by molar-refractivity contribution is -0.159. The molecule has 3 heterocycles. The van der Waals surface area contributed by atoms with Crippen molar-refractivity contribution < 1.29 is 23.8 Å². The van der Waals surface area contributed by atoms with E-state index in [1.54, 1.807) is 29.2 Å². The summed E-state index contributed by atoms with van der Waals surface area (Å²) in [5.74, 6) is 0.445. The third-order valence-electron chi connectivity index (χ3n) is 4.76. The summed E-state index contributed by atoms with van der Waals surface area (Å²) in [5, 5.41) is 1.94. The molecule has 0 aliphatic carbocycles. The lowest BCUT2D eigenvalue weighted by atomic mass is 9.98. The van der Waals surface area contributed by atoms with Crippen LogP contribution in [0, 0.1) is 0 Å². The summed E-state index contributed by atoms with van der Waals surface area (Å²) in [5.41, 5.74) is 0.839. The number of ether oxygens (including phenoxy) is 3. The van der Waals surface area contributed by atoms with Crippen molar-refractivity contribution in [1.29, 1.82) is 0 Å². The zero-order valence-corrected chi connectivity index (χ0v) is 15.3. The van der Waals surface area contributed by atoms with Crippen molar-refractivity contribution in [2.75, 3.05) is 13.7 Å². The van der Waals surface area contributed by atoms with Gasteiger partial charge in [-0.1, -0.05) is 12.1 Å². The summed E-state index contributed by atoms with van der Waals surface area (Å²) in [7, 11) is 1.34. The fraction of sp³-hybridized carbons (Fsp3) is 0.368. The number of para-hydroxylation sites is 2. The second kappa shape index (κ2) is 6.64. The van der Waals surface area contributed by atoms with Crippen LogP contribution in [0.3, 0.4) is 0 Å². The Bertz CT molecular complexity index is 848. The Kier molecular flexibility index (Phi) is 4.32. The molecule has 0 saturated carbocycles. The van der Waals surface area contributed by atoms with Gasteiger partial charge in [0.2, 0.25) is 6.10 Å². The Balaban J connectivity index is 1.64. The highest BCUT2D eigenvalue weighted by Gasteiger charge is 2.43.